The topological polar surface area (TPSA) is 38.3 Å². The Morgan fingerprint density at radius 2 is 2.17 bits per heavy atom. The molecule has 0 saturated carbocycles. The first kappa shape index (κ1) is 14.5. The standard InChI is InChI=1S/C14H20FNO2/c1-4-14(17)16-8-7-11-5-6-13(12(15)9-11)18-10(2)3/h5-6,9-10H,4,7-8H2,1-3H3,(H,16,17). The summed E-state index contributed by atoms with van der Waals surface area (Å²) in [6, 6.07) is 4.90. The van der Waals surface area contributed by atoms with E-state index in [1.807, 2.05) is 19.9 Å². The molecule has 3 nitrogen and oxygen atoms in total. The SMILES string of the molecule is CCC(=O)NCCc1ccc(OC(C)C)c(F)c1. The van der Waals surface area contributed by atoms with Gasteiger partial charge < -0.3 is 10.1 Å². The first-order valence-corrected chi connectivity index (χ1v) is 6.24. The molecular formula is C14H20FNO2. The van der Waals surface area contributed by atoms with E-state index in [-0.39, 0.29) is 23.6 Å². The van der Waals surface area contributed by atoms with Gasteiger partial charge in [-0.05, 0) is 38.0 Å². The minimum atomic E-state index is -0.358. The van der Waals surface area contributed by atoms with Gasteiger partial charge in [-0.3, -0.25) is 4.79 Å². The Hall–Kier alpha value is -1.58. The van der Waals surface area contributed by atoms with Gasteiger partial charge in [-0.1, -0.05) is 13.0 Å². The van der Waals surface area contributed by atoms with Crippen molar-refractivity contribution in [1.29, 1.82) is 0 Å². The summed E-state index contributed by atoms with van der Waals surface area (Å²) in [5.41, 5.74) is 0.847. The van der Waals surface area contributed by atoms with Crippen LogP contribution in [-0.2, 0) is 11.2 Å². The molecule has 0 saturated heterocycles. The van der Waals surface area contributed by atoms with Crippen LogP contribution >= 0.6 is 0 Å². The number of benzene rings is 1. The molecule has 0 unspecified atom stereocenters. The van der Waals surface area contributed by atoms with E-state index in [9.17, 15) is 9.18 Å². The minimum absolute atomic E-state index is 0.00948. The molecule has 0 atom stereocenters. The molecule has 0 fully saturated rings. The van der Waals surface area contributed by atoms with Gasteiger partial charge in [0.1, 0.15) is 0 Å². The van der Waals surface area contributed by atoms with Gasteiger partial charge in [0.05, 0.1) is 6.10 Å². The van der Waals surface area contributed by atoms with Crippen molar-refractivity contribution >= 4 is 5.91 Å². The summed E-state index contributed by atoms with van der Waals surface area (Å²) >= 11 is 0. The second-order valence-corrected chi connectivity index (χ2v) is 4.38. The highest BCUT2D eigenvalue weighted by Crippen LogP contribution is 2.19. The highest BCUT2D eigenvalue weighted by atomic mass is 19.1. The van der Waals surface area contributed by atoms with Gasteiger partial charge in [-0.2, -0.15) is 0 Å². The summed E-state index contributed by atoms with van der Waals surface area (Å²) in [5, 5.41) is 2.75. The Morgan fingerprint density at radius 3 is 2.72 bits per heavy atom. The fraction of sp³-hybridized carbons (Fsp3) is 0.500. The summed E-state index contributed by atoms with van der Waals surface area (Å²) in [6.07, 6.45) is 1.04. The van der Waals surface area contributed by atoms with Gasteiger partial charge in [-0.15, -0.1) is 0 Å². The fourth-order valence-corrected chi connectivity index (χ4v) is 1.52. The molecule has 0 radical (unpaired) electrons. The van der Waals surface area contributed by atoms with Crippen LogP contribution in [0.4, 0.5) is 4.39 Å². The Kier molecular flexibility index (Phi) is 5.62. The van der Waals surface area contributed by atoms with Crippen molar-refractivity contribution in [1.82, 2.24) is 5.32 Å². The quantitative estimate of drug-likeness (QED) is 0.846. The number of carbonyl (C=O) groups is 1. The smallest absolute Gasteiger partial charge is 0.219 e. The van der Waals surface area contributed by atoms with E-state index in [1.54, 1.807) is 13.0 Å². The molecule has 100 valence electrons. The van der Waals surface area contributed by atoms with Crippen LogP contribution in [-0.4, -0.2) is 18.6 Å². The van der Waals surface area contributed by atoms with E-state index in [1.165, 1.54) is 6.07 Å². The third kappa shape index (κ3) is 4.73. The lowest BCUT2D eigenvalue weighted by Crippen LogP contribution is -2.24. The highest BCUT2D eigenvalue weighted by Gasteiger charge is 2.06. The molecule has 4 heteroatoms. The number of amides is 1. The van der Waals surface area contributed by atoms with Crippen LogP contribution in [0.25, 0.3) is 0 Å². The molecule has 0 aliphatic rings. The molecule has 0 aliphatic carbocycles. The Morgan fingerprint density at radius 1 is 1.44 bits per heavy atom. The van der Waals surface area contributed by atoms with Crippen molar-refractivity contribution < 1.29 is 13.9 Å². The maximum atomic E-state index is 13.7. The van der Waals surface area contributed by atoms with Crippen LogP contribution < -0.4 is 10.1 Å². The molecule has 1 N–H and O–H groups in total. The predicted molar refractivity (Wildman–Crippen MR) is 69.2 cm³/mol. The van der Waals surface area contributed by atoms with Crippen LogP contribution in [0.3, 0.4) is 0 Å². The Bertz CT molecular complexity index is 405. The van der Waals surface area contributed by atoms with Crippen LogP contribution in [0.2, 0.25) is 0 Å². The van der Waals surface area contributed by atoms with Crippen LogP contribution in [0.1, 0.15) is 32.8 Å². The molecule has 0 bridgehead atoms. The summed E-state index contributed by atoms with van der Waals surface area (Å²) < 4.78 is 19.0. The van der Waals surface area contributed by atoms with Gasteiger partial charge in [0.15, 0.2) is 11.6 Å². The van der Waals surface area contributed by atoms with Gasteiger partial charge in [0, 0.05) is 13.0 Å². The summed E-state index contributed by atoms with van der Waals surface area (Å²) in [5.74, 6) is -0.0791. The van der Waals surface area contributed by atoms with E-state index in [2.05, 4.69) is 5.32 Å². The zero-order chi connectivity index (χ0) is 13.5. The summed E-state index contributed by atoms with van der Waals surface area (Å²) in [7, 11) is 0. The average molecular weight is 253 g/mol. The molecule has 0 heterocycles. The lowest BCUT2D eigenvalue weighted by molar-refractivity contribution is -0.120. The van der Waals surface area contributed by atoms with E-state index in [0.29, 0.717) is 19.4 Å². The van der Waals surface area contributed by atoms with E-state index in [4.69, 9.17) is 4.74 Å². The van der Waals surface area contributed by atoms with Crippen LogP contribution in [0.5, 0.6) is 5.75 Å². The van der Waals surface area contributed by atoms with Crippen LogP contribution in [0.15, 0.2) is 18.2 Å². The molecule has 1 aromatic carbocycles. The molecule has 0 aromatic heterocycles. The number of hydrogen-bond donors (Lipinski definition) is 1. The molecule has 1 aromatic rings. The van der Waals surface area contributed by atoms with Gasteiger partial charge in [0.25, 0.3) is 0 Å². The Balaban J connectivity index is 2.53. The third-order valence-corrected chi connectivity index (χ3v) is 2.42. The molecule has 1 amide bonds. The zero-order valence-corrected chi connectivity index (χ0v) is 11.1. The van der Waals surface area contributed by atoms with Gasteiger partial charge >= 0.3 is 0 Å². The maximum Gasteiger partial charge on any atom is 0.219 e. The first-order chi connectivity index (χ1) is 8.52. The number of nitrogens with one attached hydrogen (secondary N) is 1. The Labute approximate surface area is 107 Å². The zero-order valence-electron chi connectivity index (χ0n) is 11.1. The van der Waals surface area contributed by atoms with Gasteiger partial charge in [-0.25, -0.2) is 4.39 Å². The van der Waals surface area contributed by atoms with Crippen molar-refractivity contribution in [2.45, 2.75) is 39.7 Å². The number of rotatable bonds is 6. The highest BCUT2D eigenvalue weighted by molar-refractivity contribution is 5.75. The maximum absolute atomic E-state index is 13.7. The molecular weight excluding hydrogens is 233 g/mol. The second-order valence-electron chi connectivity index (χ2n) is 4.38. The molecule has 0 spiro atoms. The number of hydrogen-bond acceptors (Lipinski definition) is 2. The van der Waals surface area contributed by atoms with Gasteiger partial charge in [0.2, 0.25) is 5.91 Å². The third-order valence-electron chi connectivity index (χ3n) is 2.42. The number of ether oxygens (including phenoxy) is 1. The summed E-state index contributed by atoms with van der Waals surface area (Å²) in [6.45, 7) is 6.03. The second kappa shape index (κ2) is 6.99. The van der Waals surface area contributed by atoms with Crippen molar-refractivity contribution in [3.63, 3.8) is 0 Å². The average Bonchev–Trinajstić information content (AvgIpc) is 2.32. The van der Waals surface area contributed by atoms with Crippen LogP contribution in [0, 0.1) is 5.82 Å². The monoisotopic (exact) mass is 253 g/mol. The van der Waals surface area contributed by atoms with E-state index in [0.717, 1.165) is 5.56 Å². The number of halogens is 1. The molecule has 0 aliphatic heterocycles. The van der Waals surface area contributed by atoms with Crippen molar-refractivity contribution in [2.75, 3.05) is 6.54 Å². The van der Waals surface area contributed by atoms with Crippen molar-refractivity contribution in [3.05, 3.63) is 29.6 Å². The minimum Gasteiger partial charge on any atom is -0.488 e. The normalized spacial score (nSPS) is 10.5. The lowest BCUT2D eigenvalue weighted by Gasteiger charge is -2.11. The predicted octanol–water partition coefficient (Wildman–Crippen LogP) is 2.68. The van der Waals surface area contributed by atoms with E-state index < -0.39 is 0 Å². The van der Waals surface area contributed by atoms with Crippen molar-refractivity contribution in [3.8, 4) is 5.75 Å². The van der Waals surface area contributed by atoms with E-state index >= 15 is 0 Å². The van der Waals surface area contributed by atoms with Crippen molar-refractivity contribution in [2.24, 2.45) is 0 Å². The first-order valence-electron chi connectivity index (χ1n) is 6.24. The summed E-state index contributed by atoms with van der Waals surface area (Å²) in [4.78, 5) is 11.0. The fourth-order valence-electron chi connectivity index (χ4n) is 1.52. The number of carbonyl (C=O) groups excluding carboxylic acids is 1. The largest absolute Gasteiger partial charge is 0.488 e. The molecule has 1 rings (SSSR count). The lowest BCUT2D eigenvalue weighted by atomic mass is 10.1. The molecule has 18 heavy (non-hydrogen) atoms.